The van der Waals surface area contributed by atoms with Gasteiger partial charge in [-0.15, -0.1) is 0 Å². The van der Waals surface area contributed by atoms with Crippen molar-refractivity contribution in [3.8, 4) is 0 Å². The Morgan fingerprint density at radius 1 is 1.35 bits per heavy atom. The molecule has 2 aromatic heterocycles. The van der Waals surface area contributed by atoms with Crippen LogP contribution in [0.5, 0.6) is 0 Å². The molecule has 0 atom stereocenters. The van der Waals surface area contributed by atoms with Gasteiger partial charge in [0.05, 0.1) is 25.5 Å². The monoisotopic (exact) mass is 278 g/mol. The van der Waals surface area contributed by atoms with Crippen LogP contribution in [0, 0.1) is 0 Å². The Morgan fingerprint density at radius 2 is 2.20 bits per heavy atom. The van der Waals surface area contributed by atoms with Gasteiger partial charge >= 0.3 is 5.97 Å². The van der Waals surface area contributed by atoms with E-state index in [2.05, 4.69) is 25.2 Å². The summed E-state index contributed by atoms with van der Waals surface area (Å²) in [6.45, 7) is 0.452. The summed E-state index contributed by atoms with van der Waals surface area (Å²) in [7, 11) is 1.30. The molecule has 2 aromatic rings. The van der Waals surface area contributed by atoms with Crippen molar-refractivity contribution in [3.63, 3.8) is 0 Å². The van der Waals surface area contributed by atoms with E-state index in [1.807, 2.05) is 0 Å². The molecule has 0 bridgehead atoms. The van der Waals surface area contributed by atoms with Gasteiger partial charge in [-0.2, -0.15) is 10.2 Å². The van der Waals surface area contributed by atoms with Crippen LogP contribution in [0.2, 0.25) is 0 Å². The molecule has 0 aliphatic heterocycles. The van der Waals surface area contributed by atoms with Crippen LogP contribution in [-0.4, -0.2) is 43.5 Å². The number of methoxy groups -OCH3 is 1. The summed E-state index contributed by atoms with van der Waals surface area (Å²) in [5.74, 6) is -0.574. The fraction of sp³-hybridized carbons (Fsp3) is 0.364. The normalized spacial score (nSPS) is 10.2. The van der Waals surface area contributed by atoms with E-state index in [0.29, 0.717) is 12.2 Å². The Kier molecular flexibility index (Phi) is 4.43. The zero-order valence-corrected chi connectivity index (χ0v) is 10.9. The van der Waals surface area contributed by atoms with Crippen LogP contribution < -0.4 is 5.32 Å². The third-order valence-corrected chi connectivity index (χ3v) is 2.47. The molecule has 0 saturated heterocycles. The number of aromatic nitrogens is 5. The van der Waals surface area contributed by atoms with E-state index in [1.165, 1.54) is 24.3 Å². The van der Waals surface area contributed by atoms with Crippen LogP contribution in [0.1, 0.15) is 6.42 Å². The third-order valence-electron chi connectivity index (χ3n) is 2.47. The third kappa shape index (κ3) is 3.90. The maximum Gasteiger partial charge on any atom is 0.327 e. The maximum absolute atomic E-state index is 11.7. The maximum atomic E-state index is 11.7. The molecule has 0 spiro atoms. The highest BCUT2D eigenvalue weighted by atomic mass is 16.5. The van der Waals surface area contributed by atoms with Crippen molar-refractivity contribution in [1.29, 1.82) is 0 Å². The van der Waals surface area contributed by atoms with E-state index in [-0.39, 0.29) is 18.9 Å². The molecule has 0 radical (unpaired) electrons. The Bertz CT molecular complexity index is 577. The van der Waals surface area contributed by atoms with Gasteiger partial charge in [0, 0.05) is 12.6 Å². The molecule has 9 heteroatoms. The first-order chi connectivity index (χ1) is 9.67. The Hall–Kier alpha value is -2.71. The number of ether oxygens (including phenoxy) is 1. The fourth-order valence-corrected chi connectivity index (χ4v) is 1.50. The van der Waals surface area contributed by atoms with Gasteiger partial charge in [-0.3, -0.25) is 19.0 Å². The van der Waals surface area contributed by atoms with E-state index in [0.717, 1.165) is 0 Å². The summed E-state index contributed by atoms with van der Waals surface area (Å²) in [5.41, 5.74) is 0.525. The molecule has 1 N–H and O–H groups in total. The Balaban J connectivity index is 1.80. The number of rotatable bonds is 6. The number of anilines is 1. The van der Waals surface area contributed by atoms with Crippen LogP contribution in [0.15, 0.2) is 25.0 Å². The summed E-state index contributed by atoms with van der Waals surface area (Å²) in [6.07, 6.45) is 6.25. The van der Waals surface area contributed by atoms with Gasteiger partial charge < -0.3 is 10.1 Å². The highest BCUT2D eigenvalue weighted by Crippen LogP contribution is 2.05. The van der Waals surface area contributed by atoms with Crippen LogP contribution in [0.3, 0.4) is 0 Å². The van der Waals surface area contributed by atoms with Gasteiger partial charge in [-0.05, 0) is 0 Å². The van der Waals surface area contributed by atoms with Gasteiger partial charge in [0.1, 0.15) is 19.2 Å². The lowest BCUT2D eigenvalue weighted by atomic mass is 10.4. The molecule has 0 fully saturated rings. The molecule has 0 unspecified atom stereocenters. The summed E-state index contributed by atoms with van der Waals surface area (Å²) in [4.78, 5) is 26.5. The van der Waals surface area contributed by atoms with E-state index in [4.69, 9.17) is 0 Å². The standard InChI is InChI=1S/C11H14N6O3/c1-20-11(19)6-17-5-9(4-13-17)15-10(18)2-3-16-8-12-7-14-16/h4-5,7-8H,2-3,6H2,1H3,(H,15,18). The number of carbonyl (C=O) groups excluding carboxylic acids is 2. The van der Waals surface area contributed by atoms with Crippen molar-refractivity contribution in [1.82, 2.24) is 24.5 Å². The number of carbonyl (C=O) groups is 2. The molecule has 0 aliphatic carbocycles. The summed E-state index contributed by atoms with van der Waals surface area (Å²) in [5, 5.41) is 10.5. The molecular weight excluding hydrogens is 264 g/mol. The van der Waals surface area contributed by atoms with Crippen molar-refractivity contribution in [2.24, 2.45) is 0 Å². The topological polar surface area (TPSA) is 104 Å². The average Bonchev–Trinajstić information content (AvgIpc) is 3.08. The fourth-order valence-electron chi connectivity index (χ4n) is 1.50. The van der Waals surface area contributed by atoms with E-state index in [1.54, 1.807) is 17.2 Å². The smallest absolute Gasteiger partial charge is 0.327 e. The number of hydrogen-bond acceptors (Lipinski definition) is 6. The number of nitrogens with zero attached hydrogens (tertiary/aromatic N) is 5. The SMILES string of the molecule is COC(=O)Cn1cc(NC(=O)CCn2cncn2)cn1. The molecule has 2 heterocycles. The largest absolute Gasteiger partial charge is 0.468 e. The molecule has 1 amide bonds. The number of hydrogen-bond donors (Lipinski definition) is 1. The molecule has 0 aromatic carbocycles. The number of nitrogens with one attached hydrogen (secondary N) is 1. The molecule has 0 saturated carbocycles. The Morgan fingerprint density at radius 3 is 2.90 bits per heavy atom. The summed E-state index contributed by atoms with van der Waals surface area (Å²) >= 11 is 0. The second-order valence-corrected chi connectivity index (χ2v) is 3.96. The molecule has 9 nitrogen and oxygen atoms in total. The van der Waals surface area contributed by atoms with Crippen molar-refractivity contribution < 1.29 is 14.3 Å². The molecule has 2 rings (SSSR count). The lowest BCUT2D eigenvalue weighted by Gasteiger charge is -2.02. The first-order valence-corrected chi connectivity index (χ1v) is 5.89. The minimum atomic E-state index is -0.405. The minimum absolute atomic E-state index is 0.00528. The van der Waals surface area contributed by atoms with Crippen LogP contribution in [0.25, 0.3) is 0 Å². The molecule has 106 valence electrons. The minimum Gasteiger partial charge on any atom is -0.468 e. The van der Waals surface area contributed by atoms with Gasteiger partial charge in [0.15, 0.2) is 0 Å². The molecular formula is C11H14N6O3. The zero-order valence-electron chi connectivity index (χ0n) is 10.9. The summed E-state index contributed by atoms with van der Waals surface area (Å²) < 4.78 is 7.48. The zero-order chi connectivity index (χ0) is 14.4. The second kappa shape index (κ2) is 6.45. The van der Waals surface area contributed by atoms with Gasteiger partial charge in [-0.25, -0.2) is 4.98 Å². The molecule has 20 heavy (non-hydrogen) atoms. The predicted molar refractivity (Wildman–Crippen MR) is 67.5 cm³/mol. The van der Waals surface area contributed by atoms with E-state index >= 15 is 0 Å². The quantitative estimate of drug-likeness (QED) is 0.726. The van der Waals surface area contributed by atoms with Gasteiger partial charge in [0.2, 0.25) is 5.91 Å². The summed E-state index contributed by atoms with van der Waals surface area (Å²) in [6, 6.07) is 0. The number of esters is 1. The molecule has 0 aliphatic rings. The van der Waals surface area contributed by atoms with Crippen molar-refractivity contribution in [2.45, 2.75) is 19.5 Å². The highest BCUT2D eigenvalue weighted by molar-refractivity contribution is 5.90. The van der Waals surface area contributed by atoms with Gasteiger partial charge in [-0.1, -0.05) is 0 Å². The van der Waals surface area contributed by atoms with Crippen LogP contribution in [-0.2, 0) is 27.4 Å². The first kappa shape index (κ1) is 13.7. The van der Waals surface area contributed by atoms with Gasteiger partial charge in [0.25, 0.3) is 0 Å². The lowest BCUT2D eigenvalue weighted by Crippen LogP contribution is -2.14. The highest BCUT2D eigenvalue weighted by Gasteiger charge is 2.07. The number of amides is 1. The number of aryl methyl sites for hydroxylation is 1. The second-order valence-electron chi connectivity index (χ2n) is 3.96. The average molecular weight is 278 g/mol. The predicted octanol–water partition coefficient (Wildman–Crippen LogP) is -0.324. The van der Waals surface area contributed by atoms with Crippen LogP contribution >= 0.6 is 0 Å². The van der Waals surface area contributed by atoms with Crippen molar-refractivity contribution in [2.75, 3.05) is 12.4 Å². The van der Waals surface area contributed by atoms with Crippen LogP contribution in [0.4, 0.5) is 5.69 Å². The Labute approximate surface area is 114 Å². The van der Waals surface area contributed by atoms with E-state index in [9.17, 15) is 9.59 Å². The van der Waals surface area contributed by atoms with E-state index < -0.39 is 5.97 Å². The van der Waals surface area contributed by atoms with Crippen molar-refractivity contribution in [3.05, 3.63) is 25.0 Å². The lowest BCUT2D eigenvalue weighted by molar-refractivity contribution is -0.141. The first-order valence-electron chi connectivity index (χ1n) is 5.89. The van der Waals surface area contributed by atoms with Crippen molar-refractivity contribution >= 4 is 17.6 Å².